The molecule has 1 aromatic heterocycles. The van der Waals surface area contributed by atoms with Crippen LogP contribution in [-0.2, 0) is 26.1 Å². The van der Waals surface area contributed by atoms with Gasteiger partial charge in [0.1, 0.15) is 6.61 Å². The summed E-state index contributed by atoms with van der Waals surface area (Å²) in [5, 5.41) is 25.3. The third-order valence-electron chi connectivity index (χ3n) is 5.03. The van der Waals surface area contributed by atoms with E-state index in [0.29, 0.717) is 22.8 Å². The molecule has 172 valence electrons. The molecule has 2 aromatic rings. The van der Waals surface area contributed by atoms with Crippen molar-refractivity contribution in [3.63, 3.8) is 0 Å². The highest BCUT2D eigenvalue weighted by Gasteiger charge is 2.38. The Hall–Kier alpha value is -4.35. The Morgan fingerprint density at radius 2 is 1.94 bits per heavy atom. The van der Waals surface area contributed by atoms with Crippen LogP contribution in [0.2, 0.25) is 0 Å². The molecule has 0 saturated carbocycles. The lowest BCUT2D eigenvalue weighted by Crippen LogP contribution is -2.32. The van der Waals surface area contributed by atoms with Gasteiger partial charge in [0.25, 0.3) is 5.69 Å². The predicted molar refractivity (Wildman–Crippen MR) is 115 cm³/mol. The van der Waals surface area contributed by atoms with Crippen molar-refractivity contribution in [2.45, 2.75) is 19.8 Å². The number of hydrogen-bond acceptors (Lipinski definition) is 10. The molecule has 1 atom stereocenters. The molecule has 2 heterocycles. The summed E-state index contributed by atoms with van der Waals surface area (Å²) in [7, 11) is 2.89. The van der Waals surface area contributed by atoms with Gasteiger partial charge in [-0.2, -0.15) is 0 Å². The minimum Gasteiger partial charge on any atom is -0.466 e. The topological polar surface area (TPSA) is 151 Å². The van der Waals surface area contributed by atoms with Gasteiger partial charge in [0.15, 0.2) is 5.82 Å². The fraction of sp³-hybridized carbons (Fsp3) is 0.286. The summed E-state index contributed by atoms with van der Waals surface area (Å²) in [6.07, 6.45) is 3.16. The maximum Gasteiger partial charge on any atom is 0.337 e. The van der Waals surface area contributed by atoms with Gasteiger partial charge in [0, 0.05) is 30.6 Å². The number of nitro benzene ring substituents is 1. The van der Waals surface area contributed by atoms with E-state index in [4.69, 9.17) is 9.47 Å². The Kier molecular flexibility index (Phi) is 6.96. The summed E-state index contributed by atoms with van der Waals surface area (Å²) in [6.45, 7) is 3.25. The number of non-ortho nitro benzene ring substituents is 1. The van der Waals surface area contributed by atoms with E-state index in [1.165, 1.54) is 30.0 Å². The second-order valence-electron chi connectivity index (χ2n) is 7.14. The molecule has 1 N–H and O–H groups in total. The van der Waals surface area contributed by atoms with Gasteiger partial charge < -0.3 is 14.8 Å². The second kappa shape index (κ2) is 9.85. The highest BCUT2D eigenvalue weighted by atomic mass is 16.6. The smallest absolute Gasteiger partial charge is 0.337 e. The van der Waals surface area contributed by atoms with Crippen LogP contribution in [0, 0.1) is 10.1 Å². The zero-order valence-corrected chi connectivity index (χ0v) is 18.4. The maximum atomic E-state index is 13.1. The van der Waals surface area contributed by atoms with E-state index in [1.54, 1.807) is 39.1 Å². The number of hydrogen-bond donors (Lipinski definition) is 1. The van der Waals surface area contributed by atoms with Crippen LogP contribution in [0.1, 0.15) is 31.2 Å². The van der Waals surface area contributed by atoms with Crippen molar-refractivity contribution in [3.05, 3.63) is 74.4 Å². The summed E-state index contributed by atoms with van der Waals surface area (Å²) >= 11 is 0. The molecule has 33 heavy (non-hydrogen) atoms. The van der Waals surface area contributed by atoms with Gasteiger partial charge in [-0.1, -0.05) is 12.1 Å². The number of methoxy groups -OCH3 is 1. The van der Waals surface area contributed by atoms with E-state index in [2.05, 4.69) is 20.8 Å². The third kappa shape index (κ3) is 4.95. The van der Waals surface area contributed by atoms with Crippen LogP contribution in [0.5, 0.6) is 0 Å². The monoisotopic (exact) mass is 454 g/mol. The lowest BCUT2D eigenvalue weighted by molar-refractivity contribution is -0.384. The van der Waals surface area contributed by atoms with Crippen LogP contribution in [0.4, 0.5) is 5.69 Å². The summed E-state index contributed by atoms with van der Waals surface area (Å²) in [5.74, 6) is -1.80. The number of carbonyl (C=O) groups excluding carboxylic acids is 2. The molecule has 1 aliphatic heterocycles. The van der Waals surface area contributed by atoms with E-state index >= 15 is 0 Å². The minimum absolute atomic E-state index is 0.0830. The van der Waals surface area contributed by atoms with E-state index in [1.807, 2.05) is 0 Å². The maximum absolute atomic E-state index is 13.1. The zero-order chi connectivity index (χ0) is 24.1. The van der Waals surface area contributed by atoms with E-state index in [0.717, 1.165) is 0 Å². The van der Waals surface area contributed by atoms with E-state index in [9.17, 15) is 19.7 Å². The molecule has 3 rings (SSSR count). The molecule has 0 bridgehead atoms. The number of dihydropyridines is 1. The molecule has 0 radical (unpaired) electrons. The fourth-order valence-electron chi connectivity index (χ4n) is 3.53. The number of benzene rings is 1. The number of ether oxygens (including phenoxy) is 2. The van der Waals surface area contributed by atoms with Crippen LogP contribution in [0.3, 0.4) is 0 Å². The first kappa shape index (κ1) is 23.3. The minimum atomic E-state index is -0.918. The Bertz CT molecular complexity index is 1200. The predicted octanol–water partition coefficient (Wildman–Crippen LogP) is 1.78. The lowest BCUT2D eigenvalue weighted by atomic mass is 9.80. The lowest BCUT2D eigenvalue weighted by Gasteiger charge is -2.30. The molecule has 12 nitrogen and oxygen atoms in total. The Labute approximate surface area is 188 Å². The Morgan fingerprint density at radius 1 is 1.24 bits per heavy atom. The Morgan fingerprint density at radius 3 is 2.55 bits per heavy atom. The molecular formula is C21H22N6O6. The largest absolute Gasteiger partial charge is 0.466 e. The van der Waals surface area contributed by atoms with Crippen molar-refractivity contribution >= 4 is 23.7 Å². The molecule has 0 saturated heterocycles. The SMILES string of the molecule is COC(=O)C1=C(C)NC(C)=C(C(=O)OC/C=C/c2nnnn2C)C1c1cccc([N+](=O)[O-])c1. The molecule has 0 aliphatic carbocycles. The average Bonchev–Trinajstić information content (AvgIpc) is 3.20. The highest BCUT2D eigenvalue weighted by molar-refractivity contribution is 5.99. The second-order valence-corrected chi connectivity index (χ2v) is 7.14. The third-order valence-corrected chi connectivity index (χ3v) is 5.03. The summed E-state index contributed by atoms with van der Waals surface area (Å²) in [4.78, 5) is 36.5. The van der Waals surface area contributed by atoms with Crippen molar-refractivity contribution in [1.29, 1.82) is 0 Å². The molecule has 1 aliphatic rings. The number of aryl methyl sites for hydroxylation is 1. The molecule has 0 amide bonds. The summed E-state index contributed by atoms with van der Waals surface area (Å²) in [5.41, 5.74) is 1.47. The van der Waals surface area contributed by atoms with Crippen molar-refractivity contribution < 1.29 is 24.0 Å². The van der Waals surface area contributed by atoms with Crippen LogP contribution in [0.25, 0.3) is 6.08 Å². The number of carbonyl (C=O) groups is 2. The number of nitrogens with zero attached hydrogens (tertiary/aromatic N) is 5. The Balaban J connectivity index is 1.95. The number of nitrogens with one attached hydrogen (secondary N) is 1. The van der Waals surface area contributed by atoms with Crippen molar-refractivity contribution in [3.8, 4) is 0 Å². The molecule has 12 heteroatoms. The number of tetrazole rings is 1. The van der Waals surface area contributed by atoms with Crippen molar-refractivity contribution in [2.75, 3.05) is 13.7 Å². The average molecular weight is 454 g/mol. The molecule has 1 aromatic carbocycles. The van der Waals surface area contributed by atoms with Gasteiger partial charge in [0.05, 0.1) is 29.1 Å². The number of aromatic nitrogens is 4. The van der Waals surface area contributed by atoms with Crippen LogP contribution in [-0.4, -0.2) is 50.8 Å². The van der Waals surface area contributed by atoms with Gasteiger partial charge in [-0.25, -0.2) is 14.3 Å². The van der Waals surface area contributed by atoms with Gasteiger partial charge in [0.2, 0.25) is 0 Å². The zero-order valence-electron chi connectivity index (χ0n) is 18.4. The number of allylic oxidation sites excluding steroid dienone is 2. The van der Waals surface area contributed by atoms with Crippen LogP contribution >= 0.6 is 0 Å². The van der Waals surface area contributed by atoms with E-state index in [-0.39, 0.29) is 23.4 Å². The van der Waals surface area contributed by atoms with Crippen LogP contribution < -0.4 is 5.32 Å². The standard InChI is InChI=1S/C21H22N6O6/c1-12-17(20(28)32-4)19(14-7-5-8-15(11-14)27(30)31)18(13(2)22-12)21(29)33-10-6-9-16-23-24-25-26(16)3/h5-9,11,19,22H,10H2,1-4H3/b9-6+. The first-order chi connectivity index (χ1) is 15.7. The van der Waals surface area contributed by atoms with Gasteiger partial charge in [-0.05, 0) is 42.0 Å². The van der Waals surface area contributed by atoms with Crippen molar-refractivity contribution in [1.82, 2.24) is 25.5 Å². The first-order valence-corrected chi connectivity index (χ1v) is 9.81. The van der Waals surface area contributed by atoms with Gasteiger partial charge in [-0.15, -0.1) is 5.10 Å². The summed E-state index contributed by atoms with van der Waals surface area (Å²) in [6, 6.07) is 5.77. The number of nitro groups is 1. The van der Waals surface area contributed by atoms with Crippen molar-refractivity contribution in [2.24, 2.45) is 7.05 Å². The first-order valence-electron chi connectivity index (χ1n) is 9.81. The van der Waals surface area contributed by atoms with Crippen LogP contribution in [0.15, 0.2) is 52.9 Å². The highest BCUT2D eigenvalue weighted by Crippen LogP contribution is 2.40. The molecule has 0 fully saturated rings. The summed E-state index contributed by atoms with van der Waals surface area (Å²) < 4.78 is 11.8. The van der Waals surface area contributed by atoms with Gasteiger partial charge >= 0.3 is 11.9 Å². The molecular weight excluding hydrogens is 432 g/mol. The quantitative estimate of drug-likeness (QED) is 0.372. The van der Waals surface area contributed by atoms with E-state index < -0.39 is 22.8 Å². The number of esters is 2. The fourth-order valence-corrected chi connectivity index (χ4v) is 3.53. The van der Waals surface area contributed by atoms with Gasteiger partial charge in [-0.3, -0.25) is 10.1 Å². The normalized spacial score (nSPS) is 16.1. The number of rotatable bonds is 7. The molecule has 1 unspecified atom stereocenters. The molecule has 0 spiro atoms.